The highest BCUT2D eigenvalue weighted by Crippen LogP contribution is 2.40. The van der Waals surface area contributed by atoms with Gasteiger partial charge in [0, 0.05) is 21.1 Å². The molecule has 1 saturated heterocycles. The second-order valence-corrected chi connectivity index (χ2v) is 8.93. The van der Waals surface area contributed by atoms with E-state index in [-0.39, 0.29) is 24.8 Å². The molecular formula is C21H15BrClNO7S. The van der Waals surface area contributed by atoms with Gasteiger partial charge < -0.3 is 18.9 Å². The number of esters is 1. The van der Waals surface area contributed by atoms with Crippen LogP contribution >= 0.6 is 39.3 Å². The van der Waals surface area contributed by atoms with E-state index in [2.05, 4.69) is 20.7 Å². The first-order valence-electron chi connectivity index (χ1n) is 9.18. The molecule has 8 nitrogen and oxygen atoms in total. The fourth-order valence-electron chi connectivity index (χ4n) is 2.99. The average Bonchev–Trinajstić information content (AvgIpc) is 3.32. The number of halogens is 2. The van der Waals surface area contributed by atoms with Crippen LogP contribution in [0.2, 0.25) is 5.02 Å². The maximum atomic E-state index is 13.0. The lowest BCUT2D eigenvalue weighted by Crippen LogP contribution is -2.27. The summed E-state index contributed by atoms with van der Waals surface area (Å²) in [6.45, 7) is -0.211. The lowest BCUT2D eigenvalue weighted by Gasteiger charge is -2.14. The summed E-state index contributed by atoms with van der Waals surface area (Å²) in [5, 5.41) is -0.0650. The van der Waals surface area contributed by atoms with Crippen LogP contribution in [0.5, 0.6) is 17.2 Å². The molecule has 2 aliphatic heterocycles. The molecule has 0 bridgehead atoms. The van der Waals surface area contributed by atoms with E-state index in [9.17, 15) is 14.4 Å². The number of hydrogen-bond acceptors (Lipinski definition) is 8. The van der Waals surface area contributed by atoms with Gasteiger partial charge in [0.1, 0.15) is 5.75 Å². The standard InChI is InChI=1S/C21H15BrClNO7S/c1-28-19(25)9-29-15-3-2-13(22)4-11(15)6-18-20(26)24(21(27)32-18)8-12-5-16-17(7-14(12)23)31-10-30-16/h2-7H,8-10H2,1H3/b18-6-. The van der Waals surface area contributed by atoms with Crippen molar-refractivity contribution in [2.75, 3.05) is 20.5 Å². The molecule has 11 heteroatoms. The number of carbonyl (C=O) groups is 3. The molecule has 0 spiro atoms. The molecule has 2 amide bonds. The number of ether oxygens (including phenoxy) is 4. The van der Waals surface area contributed by atoms with E-state index in [4.69, 9.17) is 25.8 Å². The van der Waals surface area contributed by atoms with Gasteiger partial charge in [0.05, 0.1) is 18.6 Å². The second kappa shape index (κ2) is 9.43. The van der Waals surface area contributed by atoms with Gasteiger partial charge in [-0.25, -0.2) is 4.79 Å². The van der Waals surface area contributed by atoms with E-state index >= 15 is 0 Å². The Kier molecular flexibility index (Phi) is 6.63. The fourth-order valence-corrected chi connectivity index (χ4v) is 4.41. The molecule has 0 N–H and O–H groups in total. The minimum absolute atomic E-state index is 0.0122. The fraction of sp³-hybridized carbons (Fsp3) is 0.190. The molecule has 4 rings (SSSR count). The highest BCUT2D eigenvalue weighted by Gasteiger charge is 2.36. The zero-order valence-corrected chi connectivity index (χ0v) is 19.7. The monoisotopic (exact) mass is 539 g/mol. The van der Waals surface area contributed by atoms with E-state index in [0.717, 1.165) is 21.1 Å². The molecule has 0 atom stereocenters. The Morgan fingerprint density at radius 1 is 1.25 bits per heavy atom. The molecule has 0 saturated carbocycles. The molecule has 0 aliphatic carbocycles. The topological polar surface area (TPSA) is 91.4 Å². The molecule has 32 heavy (non-hydrogen) atoms. The minimum atomic E-state index is -0.542. The molecule has 2 aliphatic rings. The Hall–Kier alpha value is -2.69. The van der Waals surface area contributed by atoms with E-state index in [1.165, 1.54) is 7.11 Å². The zero-order valence-electron chi connectivity index (χ0n) is 16.6. The van der Waals surface area contributed by atoms with Gasteiger partial charge in [-0.1, -0.05) is 27.5 Å². The predicted molar refractivity (Wildman–Crippen MR) is 121 cm³/mol. The summed E-state index contributed by atoms with van der Waals surface area (Å²) < 4.78 is 21.4. The van der Waals surface area contributed by atoms with Crippen molar-refractivity contribution in [3.63, 3.8) is 0 Å². The average molecular weight is 541 g/mol. The Morgan fingerprint density at radius 2 is 2.00 bits per heavy atom. The lowest BCUT2D eigenvalue weighted by molar-refractivity contribution is -0.142. The van der Waals surface area contributed by atoms with Gasteiger partial charge in [0.15, 0.2) is 18.1 Å². The maximum absolute atomic E-state index is 13.0. The Balaban J connectivity index is 1.57. The number of hydrogen-bond donors (Lipinski definition) is 0. The summed E-state index contributed by atoms with van der Waals surface area (Å²) in [5.74, 6) is 0.381. The Morgan fingerprint density at radius 3 is 2.75 bits per heavy atom. The molecule has 0 aromatic heterocycles. The van der Waals surface area contributed by atoms with Crippen LogP contribution in [-0.2, 0) is 20.9 Å². The second-order valence-electron chi connectivity index (χ2n) is 6.61. The lowest BCUT2D eigenvalue weighted by atomic mass is 10.1. The van der Waals surface area contributed by atoms with Crippen LogP contribution < -0.4 is 14.2 Å². The number of carbonyl (C=O) groups excluding carboxylic acids is 3. The third kappa shape index (κ3) is 4.72. The third-order valence-electron chi connectivity index (χ3n) is 4.58. The van der Waals surface area contributed by atoms with Crippen molar-refractivity contribution in [1.29, 1.82) is 0 Å². The predicted octanol–water partition coefficient (Wildman–Crippen LogP) is 4.62. The van der Waals surface area contributed by atoms with Gasteiger partial charge in [-0.05, 0) is 47.7 Å². The smallest absolute Gasteiger partial charge is 0.343 e. The zero-order chi connectivity index (χ0) is 22.8. The van der Waals surface area contributed by atoms with Crippen molar-refractivity contribution in [2.24, 2.45) is 0 Å². The summed E-state index contributed by atoms with van der Waals surface area (Å²) in [5.41, 5.74) is 1.08. The van der Waals surface area contributed by atoms with Crippen LogP contribution in [-0.4, -0.2) is 42.5 Å². The first kappa shape index (κ1) is 22.5. The molecule has 2 heterocycles. The van der Waals surface area contributed by atoms with Gasteiger partial charge in [0.2, 0.25) is 6.79 Å². The van der Waals surface area contributed by atoms with Crippen LogP contribution in [0.15, 0.2) is 39.7 Å². The Bertz CT molecular complexity index is 1150. The summed E-state index contributed by atoms with van der Waals surface area (Å²) in [4.78, 5) is 38.3. The van der Waals surface area contributed by atoms with Gasteiger partial charge in [-0.3, -0.25) is 14.5 Å². The molecule has 0 unspecified atom stereocenters. The third-order valence-corrected chi connectivity index (χ3v) is 6.33. The van der Waals surface area contributed by atoms with Gasteiger partial charge in [-0.2, -0.15) is 0 Å². The van der Waals surface area contributed by atoms with Crippen LogP contribution in [0.25, 0.3) is 6.08 Å². The number of fused-ring (bicyclic) bond motifs is 1. The number of benzene rings is 2. The van der Waals surface area contributed by atoms with E-state index in [1.54, 1.807) is 36.4 Å². The summed E-state index contributed by atoms with van der Waals surface area (Å²) in [6, 6.07) is 8.35. The van der Waals surface area contributed by atoms with Crippen LogP contribution in [0.3, 0.4) is 0 Å². The largest absolute Gasteiger partial charge is 0.481 e. The number of rotatable bonds is 6. The number of nitrogens with zero attached hydrogens (tertiary/aromatic N) is 1. The summed E-state index contributed by atoms with van der Waals surface area (Å²) in [6.07, 6.45) is 1.55. The molecule has 166 valence electrons. The Labute approximate surface area is 200 Å². The van der Waals surface area contributed by atoms with Crippen molar-refractivity contribution < 1.29 is 33.3 Å². The first-order chi connectivity index (χ1) is 15.4. The maximum Gasteiger partial charge on any atom is 0.343 e. The normalized spacial score (nSPS) is 16.1. The number of methoxy groups -OCH3 is 1. The van der Waals surface area contributed by atoms with Crippen LogP contribution in [0, 0.1) is 0 Å². The summed E-state index contributed by atoms with van der Waals surface area (Å²) in [7, 11) is 1.26. The number of amides is 2. The van der Waals surface area contributed by atoms with Crippen molar-refractivity contribution >= 4 is 62.5 Å². The van der Waals surface area contributed by atoms with Gasteiger partial charge >= 0.3 is 5.97 Å². The number of thioether (sulfide) groups is 1. The number of imide groups is 1. The van der Waals surface area contributed by atoms with Crippen LogP contribution in [0.4, 0.5) is 4.79 Å². The molecule has 2 aromatic rings. The SMILES string of the molecule is COC(=O)COc1ccc(Br)cc1/C=C1\SC(=O)N(Cc2cc3c(cc2Cl)OCO3)C1=O. The van der Waals surface area contributed by atoms with Crippen molar-refractivity contribution in [3.8, 4) is 17.2 Å². The van der Waals surface area contributed by atoms with Crippen molar-refractivity contribution in [3.05, 3.63) is 55.9 Å². The van der Waals surface area contributed by atoms with Gasteiger partial charge in [-0.15, -0.1) is 0 Å². The summed E-state index contributed by atoms with van der Waals surface area (Å²) >= 11 is 10.5. The van der Waals surface area contributed by atoms with E-state index < -0.39 is 17.1 Å². The quantitative estimate of drug-likeness (QED) is 0.387. The molecule has 2 aromatic carbocycles. The molecule has 0 radical (unpaired) electrons. The van der Waals surface area contributed by atoms with Crippen molar-refractivity contribution in [2.45, 2.75) is 6.54 Å². The highest BCUT2D eigenvalue weighted by molar-refractivity contribution is 9.10. The van der Waals surface area contributed by atoms with E-state index in [0.29, 0.717) is 33.4 Å². The van der Waals surface area contributed by atoms with Crippen LogP contribution in [0.1, 0.15) is 11.1 Å². The molecule has 1 fully saturated rings. The van der Waals surface area contributed by atoms with E-state index in [1.807, 2.05) is 0 Å². The minimum Gasteiger partial charge on any atom is -0.481 e. The van der Waals surface area contributed by atoms with Crippen molar-refractivity contribution in [1.82, 2.24) is 4.90 Å². The molecular weight excluding hydrogens is 526 g/mol. The van der Waals surface area contributed by atoms with Gasteiger partial charge in [0.25, 0.3) is 11.1 Å². The highest BCUT2D eigenvalue weighted by atomic mass is 79.9. The first-order valence-corrected chi connectivity index (χ1v) is 11.2.